The number of ether oxygens (including phenoxy) is 1. The monoisotopic (exact) mass is 421 g/mol. The normalized spacial score (nSPS) is 18.1. The van der Waals surface area contributed by atoms with E-state index < -0.39 is 15.7 Å². The number of carbonyl (C=O) groups excluding carboxylic acids is 1. The maximum Gasteiger partial charge on any atom is 0.278 e. The second-order valence-electron chi connectivity index (χ2n) is 6.48. The molecule has 0 atom stereocenters. The third kappa shape index (κ3) is 4.21. The van der Waals surface area contributed by atoms with Crippen molar-refractivity contribution >= 4 is 38.1 Å². The summed E-state index contributed by atoms with van der Waals surface area (Å²) in [5.74, 6) is -0.430. The van der Waals surface area contributed by atoms with Gasteiger partial charge in [0.1, 0.15) is 6.33 Å². The van der Waals surface area contributed by atoms with Gasteiger partial charge in [0, 0.05) is 17.1 Å². The van der Waals surface area contributed by atoms with Crippen LogP contribution in [0.5, 0.6) is 0 Å². The summed E-state index contributed by atoms with van der Waals surface area (Å²) in [4.78, 5) is 17.0. The maximum absolute atomic E-state index is 12.8. The van der Waals surface area contributed by atoms with Gasteiger partial charge in [0.15, 0.2) is 15.5 Å². The van der Waals surface area contributed by atoms with Gasteiger partial charge >= 0.3 is 0 Å². The van der Waals surface area contributed by atoms with Gasteiger partial charge in [0.25, 0.3) is 5.91 Å². The Morgan fingerprint density at radius 3 is 2.54 bits per heavy atom. The zero-order valence-corrected chi connectivity index (χ0v) is 16.6. The molecule has 1 aromatic heterocycles. The van der Waals surface area contributed by atoms with Crippen LogP contribution in [0.1, 0.15) is 18.4 Å². The molecule has 1 aliphatic heterocycles. The molecule has 1 saturated heterocycles. The second kappa shape index (κ2) is 7.94. The number of nitrogens with zero attached hydrogens (tertiary/aromatic N) is 4. The van der Waals surface area contributed by atoms with Crippen LogP contribution in [-0.2, 0) is 19.4 Å². The molecule has 1 N–H and O–H groups in total. The van der Waals surface area contributed by atoms with Gasteiger partial charge in [-0.3, -0.25) is 15.1 Å². The number of benzene rings is 1. The molecular weight excluding hydrogens is 402 g/mol. The Hall–Kier alpha value is -2.37. The molecule has 1 amide bonds. The van der Waals surface area contributed by atoms with Crippen LogP contribution in [0, 0.1) is 0 Å². The minimum atomic E-state index is -3.28. The summed E-state index contributed by atoms with van der Waals surface area (Å²) in [6.07, 6.45) is 2.77. The lowest BCUT2D eigenvalue weighted by Crippen LogP contribution is -2.35. The molecule has 2 fully saturated rings. The molecular formula is C17H19N5O4S2. The van der Waals surface area contributed by atoms with Gasteiger partial charge in [-0.05, 0) is 25.0 Å². The first-order valence-electron chi connectivity index (χ1n) is 8.88. The Bertz CT molecular complexity index is 963. The van der Waals surface area contributed by atoms with E-state index in [0.717, 1.165) is 11.5 Å². The molecule has 28 heavy (non-hydrogen) atoms. The van der Waals surface area contributed by atoms with Gasteiger partial charge in [-0.25, -0.2) is 13.4 Å². The lowest BCUT2D eigenvalue weighted by molar-refractivity contribution is -0.110. The number of hydrogen-bond acceptors (Lipinski definition) is 9. The van der Waals surface area contributed by atoms with Crippen molar-refractivity contribution < 1.29 is 17.9 Å². The predicted molar refractivity (Wildman–Crippen MR) is 104 cm³/mol. The number of sulfone groups is 1. The molecule has 1 aromatic carbocycles. The van der Waals surface area contributed by atoms with Crippen LogP contribution < -0.4 is 5.32 Å². The van der Waals surface area contributed by atoms with E-state index in [-0.39, 0.29) is 15.9 Å². The number of anilines is 1. The van der Waals surface area contributed by atoms with Crippen LogP contribution in [0.15, 0.2) is 40.6 Å². The van der Waals surface area contributed by atoms with E-state index in [2.05, 4.69) is 19.8 Å². The van der Waals surface area contributed by atoms with Gasteiger partial charge in [-0.15, -0.1) is 0 Å². The lowest BCUT2D eigenvalue weighted by atomic mass is 10.1. The summed E-state index contributed by atoms with van der Waals surface area (Å²) in [5.41, 5.74) is 0.718. The lowest BCUT2D eigenvalue weighted by Gasteiger charge is -2.24. The molecule has 0 bridgehead atoms. The van der Waals surface area contributed by atoms with Crippen LogP contribution in [0.25, 0.3) is 0 Å². The number of morpholine rings is 1. The molecule has 4 rings (SSSR count). The molecule has 11 heteroatoms. The number of amides is 1. The standard InChI is InChI=1S/C17H19N5O4S2/c23-16(20-17-18-11-19-27-17)15(21-22-7-9-26-10-8-22)12-1-3-13(4-2-12)28(24,25)14-5-6-14/h1-4,11,14H,5-10H2,(H,18,19,20,23). The van der Waals surface area contributed by atoms with E-state index in [1.807, 2.05) is 0 Å². The first-order valence-corrected chi connectivity index (χ1v) is 11.2. The topological polar surface area (TPSA) is 114 Å². The third-order valence-corrected chi connectivity index (χ3v) is 7.30. The van der Waals surface area contributed by atoms with Crippen LogP contribution in [0.4, 0.5) is 5.13 Å². The number of hydrazone groups is 1. The van der Waals surface area contributed by atoms with E-state index >= 15 is 0 Å². The molecule has 2 aliphatic rings. The molecule has 0 spiro atoms. The molecule has 1 saturated carbocycles. The summed E-state index contributed by atoms with van der Waals surface area (Å²) in [6, 6.07) is 6.31. The number of aromatic nitrogens is 2. The van der Waals surface area contributed by atoms with Gasteiger partial charge in [-0.1, -0.05) is 12.1 Å². The Morgan fingerprint density at radius 1 is 1.21 bits per heavy atom. The van der Waals surface area contributed by atoms with Crippen LogP contribution in [0.2, 0.25) is 0 Å². The SMILES string of the molecule is O=C(Nc1ncns1)C(=NN1CCOCC1)c1ccc(S(=O)(=O)C2CC2)cc1. The smallest absolute Gasteiger partial charge is 0.278 e. The first kappa shape index (κ1) is 19.0. The van der Waals surface area contributed by atoms with E-state index in [4.69, 9.17) is 4.74 Å². The Balaban J connectivity index is 1.62. The summed E-state index contributed by atoms with van der Waals surface area (Å²) in [7, 11) is -3.28. The van der Waals surface area contributed by atoms with Gasteiger partial charge < -0.3 is 4.74 Å². The van der Waals surface area contributed by atoms with Gasteiger partial charge in [0.2, 0.25) is 5.13 Å². The predicted octanol–water partition coefficient (Wildman–Crippen LogP) is 1.15. The molecule has 9 nitrogen and oxygen atoms in total. The fraction of sp³-hybridized carbons (Fsp3) is 0.412. The minimum Gasteiger partial charge on any atom is -0.378 e. The summed E-state index contributed by atoms with van der Waals surface area (Å²) in [6.45, 7) is 2.22. The average molecular weight is 422 g/mol. The van der Waals surface area contributed by atoms with E-state index in [9.17, 15) is 13.2 Å². The fourth-order valence-electron chi connectivity index (χ4n) is 2.79. The van der Waals surface area contributed by atoms with Crippen molar-refractivity contribution in [2.24, 2.45) is 5.10 Å². The van der Waals surface area contributed by atoms with E-state index in [1.165, 1.54) is 18.5 Å². The zero-order valence-electron chi connectivity index (χ0n) is 14.9. The molecule has 0 unspecified atom stereocenters. The maximum atomic E-state index is 12.8. The average Bonchev–Trinajstić information content (AvgIpc) is 3.46. The minimum absolute atomic E-state index is 0.187. The molecule has 2 heterocycles. The number of carbonyl (C=O) groups is 1. The number of rotatable bonds is 6. The summed E-state index contributed by atoms with van der Waals surface area (Å²) >= 11 is 1.06. The molecule has 0 radical (unpaired) electrons. The highest BCUT2D eigenvalue weighted by molar-refractivity contribution is 7.92. The Kier molecular flexibility index (Phi) is 5.38. The Morgan fingerprint density at radius 2 is 1.93 bits per heavy atom. The van der Waals surface area contributed by atoms with Crippen LogP contribution in [0.3, 0.4) is 0 Å². The van der Waals surface area contributed by atoms with E-state index in [1.54, 1.807) is 17.1 Å². The van der Waals surface area contributed by atoms with Crippen molar-refractivity contribution in [3.8, 4) is 0 Å². The van der Waals surface area contributed by atoms with Crippen molar-refractivity contribution in [2.45, 2.75) is 23.0 Å². The van der Waals surface area contributed by atoms with Crippen molar-refractivity contribution in [1.29, 1.82) is 0 Å². The zero-order chi connectivity index (χ0) is 19.6. The largest absolute Gasteiger partial charge is 0.378 e. The van der Waals surface area contributed by atoms with Crippen molar-refractivity contribution in [2.75, 3.05) is 31.6 Å². The number of nitrogens with one attached hydrogen (secondary N) is 1. The number of hydrogen-bond donors (Lipinski definition) is 1. The Labute approximate surface area is 166 Å². The third-order valence-electron chi connectivity index (χ3n) is 4.45. The quantitative estimate of drug-likeness (QED) is 0.696. The second-order valence-corrected chi connectivity index (χ2v) is 9.49. The van der Waals surface area contributed by atoms with Crippen molar-refractivity contribution in [3.05, 3.63) is 36.2 Å². The van der Waals surface area contributed by atoms with Crippen LogP contribution in [-0.4, -0.2) is 66.0 Å². The van der Waals surface area contributed by atoms with Gasteiger partial charge in [-0.2, -0.15) is 9.47 Å². The highest BCUT2D eigenvalue weighted by Gasteiger charge is 2.36. The van der Waals surface area contributed by atoms with Crippen molar-refractivity contribution in [1.82, 2.24) is 14.4 Å². The van der Waals surface area contributed by atoms with Crippen molar-refractivity contribution in [3.63, 3.8) is 0 Å². The highest BCUT2D eigenvalue weighted by atomic mass is 32.2. The van der Waals surface area contributed by atoms with Crippen LogP contribution >= 0.6 is 11.5 Å². The first-order chi connectivity index (χ1) is 13.5. The fourth-order valence-corrected chi connectivity index (χ4v) is 4.87. The summed E-state index contributed by atoms with van der Waals surface area (Å²) < 4.78 is 34.0. The molecule has 148 valence electrons. The van der Waals surface area contributed by atoms with E-state index in [0.29, 0.717) is 49.8 Å². The molecule has 2 aromatic rings. The molecule has 1 aliphatic carbocycles. The van der Waals surface area contributed by atoms with Gasteiger partial charge in [0.05, 0.1) is 36.4 Å². The highest BCUT2D eigenvalue weighted by Crippen LogP contribution is 2.33. The summed E-state index contributed by atoms with van der Waals surface area (Å²) in [5, 5.41) is 9.03.